The van der Waals surface area contributed by atoms with Crippen molar-refractivity contribution in [3.05, 3.63) is 30.1 Å². The molecular weight excluding hydrogens is 415 g/mol. The average Bonchev–Trinajstić information content (AvgIpc) is 2.66. The number of hydrogen-bond donors (Lipinski definition) is 1. The Hall–Kier alpha value is -2.49. The number of benzene rings is 1. The van der Waals surface area contributed by atoms with Crippen molar-refractivity contribution in [2.24, 2.45) is 5.92 Å². The van der Waals surface area contributed by atoms with Crippen LogP contribution in [0.25, 0.3) is 0 Å². The Bertz CT molecular complexity index is 904. The highest BCUT2D eigenvalue weighted by molar-refractivity contribution is 7.91. The van der Waals surface area contributed by atoms with E-state index in [0.717, 1.165) is 12.3 Å². The van der Waals surface area contributed by atoms with E-state index in [0.29, 0.717) is 19.4 Å². The van der Waals surface area contributed by atoms with Crippen LogP contribution in [0.1, 0.15) is 26.7 Å². The molecule has 1 aliphatic heterocycles. The Morgan fingerprint density at radius 2 is 2.00 bits per heavy atom. The Morgan fingerprint density at radius 1 is 1.30 bits per heavy atom. The molecule has 0 radical (unpaired) electrons. The molecule has 8 nitrogen and oxygen atoms in total. The number of hydrogen-bond acceptors (Lipinski definition) is 6. The average molecular weight is 443 g/mol. The van der Waals surface area contributed by atoms with Crippen LogP contribution in [-0.2, 0) is 24.2 Å². The van der Waals surface area contributed by atoms with Crippen molar-refractivity contribution in [1.29, 1.82) is 0 Å². The molecule has 1 N–H and O–H groups in total. The van der Waals surface area contributed by atoms with Gasteiger partial charge in [0.1, 0.15) is 23.4 Å². The van der Waals surface area contributed by atoms with Gasteiger partial charge in [0.25, 0.3) is 5.91 Å². The van der Waals surface area contributed by atoms with Crippen molar-refractivity contribution in [3.8, 4) is 5.75 Å². The minimum Gasteiger partial charge on any atom is -0.481 e. The number of nitrogens with one attached hydrogen (secondary N) is 1. The molecule has 0 aromatic heterocycles. The predicted octanol–water partition coefficient (Wildman–Crippen LogP) is 0.950. The zero-order chi connectivity index (χ0) is 22.5. The van der Waals surface area contributed by atoms with Crippen LogP contribution in [0.2, 0.25) is 0 Å². The maximum Gasteiger partial charge on any atom is 0.261 e. The van der Waals surface area contributed by atoms with E-state index in [4.69, 9.17) is 4.74 Å². The minimum absolute atomic E-state index is 0.128. The molecule has 2 rings (SSSR count). The minimum atomic E-state index is -3.43. The quantitative estimate of drug-likeness (QED) is 0.642. The van der Waals surface area contributed by atoms with Gasteiger partial charge < -0.3 is 15.0 Å². The van der Waals surface area contributed by atoms with E-state index in [2.05, 4.69) is 5.32 Å². The van der Waals surface area contributed by atoms with E-state index in [1.165, 1.54) is 36.9 Å². The molecular formula is C20H27FN2O6S. The number of amides is 2. The second-order valence-electron chi connectivity index (χ2n) is 7.61. The summed E-state index contributed by atoms with van der Waals surface area (Å²) < 4.78 is 41.4. The lowest BCUT2D eigenvalue weighted by atomic mass is 9.94. The van der Waals surface area contributed by atoms with Gasteiger partial charge in [-0.05, 0) is 38.8 Å². The molecule has 1 saturated heterocycles. The molecule has 1 aromatic rings. The molecule has 0 spiro atoms. The zero-order valence-electron chi connectivity index (χ0n) is 17.3. The lowest BCUT2D eigenvalue weighted by Gasteiger charge is -2.34. The molecule has 1 heterocycles. The van der Waals surface area contributed by atoms with Crippen LogP contribution in [0.3, 0.4) is 0 Å². The number of carbonyl (C=O) groups is 3. The first-order valence-corrected chi connectivity index (χ1v) is 11.7. The van der Waals surface area contributed by atoms with Crippen LogP contribution >= 0.6 is 0 Å². The first kappa shape index (κ1) is 23.8. The van der Waals surface area contributed by atoms with Crippen molar-refractivity contribution < 1.29 is 31.9 Å². The van der Waals surface area contributed by atoms with Crippen LogP contribution in [0.15, 0.2) is 24.3 Å². The van der Waals surface area contributed by atoms with E-state index in [1.807, 2.05) is 0 Å². The summed E-state index contributed by atoms with van der Waals surface area (Å²) in [6.07, 6.45) is 1.15. The van der Waals surface area contributed by atoms with Crippen molar-refractivity contribution in [1.82, 2.24) is 10.2 Å². The summed E-state index contributed by atoms with van der Waals surface area (Å²) in [5.41, 5.74) is 0. The van der Waals surface area contributed by atoms with Crippen LogP contribution < -0.4 is 10.1 Å². The number of ether oxygens (including phenoxy) is 1. The molecule has 1 aliphatic rings. The number of carbonyl (C=O) groups excluding carboxylic acids is 3. The van der Waals surface area contributed by atoms with Crippen molar-refractivity contribution in [2.45, 2.75) is 38.8 Å². The number of ketones is 1. The molecule has 3 atom stereocenters. The topological polar surface area (TPSA) is 110 Å². The number of piperidine rings is 1. The van der Waals surface area contributed by atoms with Crippen molar-refractivity contribution >= 4 is 27.4 Å². The molecule has 2 amide bonds. The van der Waals surface area contributed by atoms with Gasteiger partial charge in [0.05, 0.1) is 0 Å². The van der Waals surface area contributed by atoms with E-state index < -0.39 is 51.2 Å². The van der Waals surface area contributed by atoms with E-state index in [1.54, 1.807) is 0 Å². The fourth-order valence-electron chi connectivity index (χ4n) is 3.28. The van der Waals surface area contributed by atoms with Gasteiger partial charge in [-0.1, -0.05) is 6.07 Å². The van der Waals surface area contributed by atoms with Gasteiger partial charge in [-0.25, -0.2) is 12.8 Å². The van der Waals surface area contributed by atoms with Gasteiger partial charge in [-0.3, -0.25) is 14.4 Å². The van der Waals surface area contributed by atoms with Crippen LogP contribution in [-0.4, -0.2) is 68.2 Å². The third-order valence-electron chi connectivity index (χ3n) is 4.80. The van der Waals surface area contributed by atoms with Gasteiger partial charge >= 0.3 is 0 Å². The van der Waals surface area contributed by atoms with Gasteiger partial charge in [-0.2, -0.15) is 0 Å². The predicted molar refractivity (Wildman–Crippen MR) is 108 cm³/mol. The Balaban J connectivity index is 1.91. The number of Topliss-reactive ketones (excluding diaryl/α,β-unsaturated/α-hetero) is 1. The Morgan fingerprint density at radius 3 is 2.63 bits per heavy atom. The van der Waals surface area contributed by atoms with E-state index in [-0.39, 0.29) is 18.2 Å². The fourth-order valence-corrected chi connectivity index (χ4v) is 4.03. The smallest absolute Gasteiger partial charge is 0.261 e. The summed E-state index contributed by atoms with van der Waals surface area (Å²) in [4.78, 5) is 38.7. The van der Waals surface area contributed by atoms with Gasteiger partial charge in [-0.15, -0.1) is 0 Å². The second-order valence-corrected chi connectivity index (χ2v) is 9.75. The molecule has 0 saturated carbocycles. The van der Waals surface area contributed by atoms with Crippen LogP contribution in [0.5, 0.6) is 5.75 Å². The first-order valence-electron chi connectivity index (χ1n) is 9.68. The van der Waals surface area contributed by atoms with Crippen molar-refractivity contribution in [2.75, 3.05) is 25.1 Å². The standard InChI is InChI=1S/C20H27FN2O6S/c1-13(22-19(25)14(2)29-17-8-4-7-16(21)10-17)20(26)23-9-5-6-15(11-23)18(24)12-30(3,27)28/h4,7-8,10,13-15H,5-6,9,11-12H2,1-3H3,(H,22,25)/t13-,14+,15-/m1/s1. The molecule has 166 valence electrons. The number of rotatable bonds is 8. The monoisotopic (exact) mass is 442 g/mol. The highest BCUT2D eigenvalue weighted by Gasteiger charge is 2.32. The number of likely N-dealkylation sites (tertiary alicyclic amines) is 1. The van der Waals surface area contributed by atoms with Crippen LogP contribution in [0, 0.1) is 11.7 Å². The summed E-state index contributed by atoms with van der Waals surface area (Å²) in [6.45, 7) is 3.56. The third-order valence-corrected chi connectivity index (χ3v) is 5.61. The molecule has 0 aliphatic carbocycles. The highest BCUT2D eigenvalue weighted by Crippen LogP contribution is 2.19. The fraction of sp³-hybridized carbons (Fsp3) is 0.550. The maximum atomic E-state index is 13.2. The molecule has 30 heavy (non-hydrogen) atoms. The summed E-state index contributed by atoms with van der Waals surface area (Å²) in [6, 6.07) is 4.52. The molecule has 10 heteroatoms. The van der Waals surface area contributed by atoms with Crippen LogP contribution in [0.4, 0.5) is 4.39 Å². The first-order chi connectivity index (χ1) is 14.0. The van der Waals surface area contributed by atoms with Gasteiger partial charge in [0.15, 0.2) is 21.7 Å². The number of nitrogens with zero attached hydrogens (tertiary/aromatic N) is 1. The van der Waals surface area contributed by atoms with Gasteiger partial charge in [0.2, 0.25) is 5.91 Å². The normalized spacial score (nSPS) is 18.9. The Kier molecular flexibility index (Phi) is 7.94. The summed E-state index contributed by atoms with van der Waals surface area (Å²) >= 11 is 0. The summed E-state index contributed by atoms with van der Waals surface area (Å²) in [7, 11) is -3.43. The molecule has 1 fully saturated rings. The molecule has 0 bridgehead atoms. The van der Waals surface area contributed by atoms with E-state index in [9.17, 15) is 27.2 Å². The lowest BCUT2D eigenvalue weighted by molar-refractivity contribution is -0.140. The van der Waals surface area contributed by atoms with E-state index >= 15 is 0 Å². The lowest BCUT2D eigenvalue weighted by Crippen LogP contribution is -2.53. The largest absolute Gasteiger partial charge is 0.481 e. The second kappa shape index (κ2) is 10.0. The van der Waals surface area contributed by atoms with Gasteiger partial charge in [0, 0.05) is 31.3 Å². The zero-order valence-corrected chi connectivity index (χ0v) is 18.1. The Labute approximate surface area is 175 Å². The molecule has 0 unspecified atom stereocenters. The number of halogens is 1. The molecule has 1 aromatic carbocycles. The summed E-state index contributed by atoms with van der Waals surface area (Å²) in [5.74, 6) is -2.67. The summed E-state index contributed by atoms with van der Waals surface area (Å²) in [5, 5.41) is 2.56. The highest BCUT2D eigenvalue weighted by atomic mass is 32.2. The number of sulfone groups is 1. The third kappa shape index (κ3) is 7.08. The maximum absolute atomic E-state index is 13.2. The SMILES string of the molecule is C[C@H](Oc1cccc(F)c1)C(=O)N[C@H](C)C(=O)N1CCC[C@@H](C(=O)CS(C)(=O)=O)C1. The van der Waals surface area contributed by atoms with Crippen molar-refractivity contribution in [3.63, 3.8) is 0 Å².